The van der Waals surface area contributed by atoms with Crippen molar-refractivity contribution in [2.45, 2.75) is 14.7 Å². The zero-order valence-corrected chi connectivity index (χ0v) is 16.2. The third-order valence-corrected chi connectivity index (χ3v) is 8.62. The van der Waals surface area contributed by atoms with E-state index in [0.29, 0.717) is 14.7 Å². The minimum atomic E-state index is -2.61. The number of benzene rings is 3. The van der Waals surface area contributed by atoms with Crippen LogP contribution in [0.5, 0.6) is 0 Å². The van der Waals surface area contributed by atoms with Gasteiger partial charge in [-0.05, 0) is 83.3 Å². The van der Waals surface area contributed by atoms with E-state index < -0.39 is 32.5 Å². The molecule has 0 saturated heterocycles. The van der Waals surface area contributed by atoms with E-state index in [2.05, 4.69) is 22.6 Å². The first kappa shape index (κ1) is 18.5. The van der Waals surface area contributed by atoms with Gasteiger partial charge in [0.1, 0.15) is 0 Å². The lowest BCUT2D eigenvalue weighted by atomic mass is 10.3. The van der Waals surface area contributed by atoms with Crippen LogP contribution in [0, 0.1) is 26.8 Å². The summed E-state index contributed by atoms with van der Waals surface area (Å²) < 4.78 is 55.2. The summed E-state index contributed by atoms with van der Waals surface area (Å²) in [5, 5.41) is 0. The summed E-state index contributed by atoms with van der Waals surface area (Å²) >= 11 is 2.12. The van der Waals surface area contributed by atoms with Gasteiger partial charge in [0, 0.05) is 18.3 Å². The van der Waals surface area contributed by atoms with Crippen LogP contribution in [0.2, 0.25) is 0 Å². The van der Waals surface area contributed by atoms with Crippen LogP contribution < -0.4 is 0 Å². The van der Waals surface area contributed by atoms with E-state index in [1.807, 2.05) is 0 Å². The summed E-state index contributed by atoms with van der Waals surface area (Å²) in [4.78, 5) is 1.19. The molecule has 0 N–H and O–H groups in total. The van der Waals surface area contributed by atoms with E-state index >= 15 is 0 Å². The molecule has 0 atom stereocenters. The number of hydrogen-bond donors (Lipinski definition) is 0. The molecule has 3 rings (SSSR count). The predicted octanol–water partition coefficient (Wildman–Crippen LogP) is 7.28. The fourth-order valence-corrected chi connectivity index (χ4v) is 5.95. The minimum Gasteiger partial charge on any atom is -0.204 e. The lowest BCUT2D eigenvalue weighted by molar-refractivity contribution is 0.505. The van der Waals surface area contributed by atoms with Crippen molar-refractivity contribution in [3.63, 3.8) is 0 Å². The molecular weight excluding hydrogens is 487 g/mol. The second-order valence-corrected chi connectivity index (χ2v) is 10.3. The van der Waals surface area contributed by atoms with Crippen LogP contribution in [0.25, 0.3) is 0 Å². The molecule has 3 aromatic carbocycles. The van der Waals surface area contributed by atoms with E-state index in [1.165, 1.54) is 12.1 Å². The average Bonchev–Trinajstić information content (AvgIpc) is 2.59. The molecule has 0 amide bonds. The summed E-state index contributed by atoms with van der Waals surface area (Å²) in [6, 6.07) is 13.8. The third kappa shape index (κ3) is 3.52. The van der Waals surface area contributed by atoms with Gasteiger partial charge in [0.15, 0.2) is 23.3 Å². The van der Waals surface area contributed by atoms with Gasteiger partial charge in [-0.3, -0.25) is 0 Å². The molecule has 0 aliphatic rings. The maximum absolute atomic E-state index is 13.8. The highest BCUT2D eigenvalue weighted by atomic mass is 127. The van der Waals surface area contributed by atoms with E-state index in [0.717, 1.165) is 27.8 Å². The van der Waals surface area contributed by atoms with Gasteiger partial charge < -0.3 is 0 Å². The molecule has 0 heterocycles. The molecule has 0 aromatic heterocycles. The molecule has 0 bridgehead atoms. The van der Waals surface area contributed by atoms with Crippen LogP contribution in [0.3, 0.4) is 0 Å². The van der Waals surface area contributed by atoms with Crippen LogP contribution in [0.4, 0.5) is 17.6 Å². The van der Waals surface area contributed by atoms with Gasteiger partial charge in [-0.15, -0.1) is 0 Å². The Morgan fingerprint density at radius 1 is 0.600 bits per heavy atom. The minimum absolute atomic E-state index is 0.292. The first-order valence-electron chi connectivity index (χ1n) is 7.01. The standard InChI is InChI=1S/C18H10ClF4IS/c19-25(12-3-1-11(24)2-4-12,13-5-7-15(20)17(22)9-13)14-6-8-16(21)18(23)10-14/h1-10H. The molecule has 0 nitrogen and oxygen atoms in total. The predicted molar refractivity (Wildman–Crippen MR) is 100 cm³/mol. The highest BCUT2D eigenvalue weighted by Gasteiger charge is 2.30. The Kier molecular flexibility index (Phi) is 5.31. The van der Waals surface area contributed by atoms with Gasteiger partial charge in [-0.1, -0.05) is 19.9 Å². The van der Waals surface area contributed by atoms with Gasteiger partial charge in [0.05, 0.1) is 0 Å². The van der Waals surface area contributed by atoms with Gasteiger partial charge in [-0.25, -0.2) is 17.6 Å². The zero-order valence-electron chi connectivity index (χ0n) is 12.4. The monoisotopic (exact) mass is 496 g/mol. The van der Waals surface area contributed by atoms with Crippen LogP contribution >= 0.6 is 42.5 Å². The van der Waals surface area contributed by atoms with E-state index in [-0.39, 0.29) is 0 Å². The summed E-state index contributed by atoms with van der Waals surface area (Å²) in [5.41, 5.74) is 0. The molecule has 0 aliphatic carbocycles. The molecule has 0 spiro atoms. The lowest BCUT2D eigenvalue weighted by Gasteiger charge is -2.34. The van der Waals surface area contributed by atoms with Crippen molar-refractivity contribution in [2.75, 3.05) is 0 Å². The molecule has 0 aliphatic heterocycles. The van der Waals surface area contributed by atoms with Crippen molar-refractivity contribution in [1.82, 2.24) is 0 Å². The Morgan fingerprint density at radius 3 is 1.40 bits per heavy atom. The number of rotatable bonds is 3. The quantitative estimate of drug-likeness (QED) is 0.264. The van der Waals surface area contributed by atoms with Crippen LogP contribution in [0.15, 0.2) is 75.4 Å². The van der Waals surface area contributed by atoms with Crippen molar-refractivity contribution in [1.29, 1.82) is 0 Å². The van der Waals surface area contributed by atoms with Crippen molar-refractivity contribution in [3.05, 3.63) is 87.5 Å². The van der Waals surface area contributed by atoms with Gasteiger partial charge in [-0.2, -0.15) is 0 Å². The summed E-state index contributed by atoms with van der Waals surface area (Å²) in [7, 11) is 4.30. The van der Waals surface area contributed by atoms with Crippen molar-refractivity contribution in [3.8, 4) is 0 Å². The normalized spacial score (nSPS) is 12.2. The van der Waals surface area contributed by atoms with Gasteiger partial charge in [0.25, 0.3) is 0 Å². The average molecular weight is 497 g/mol. The highest BCUT2D eigenvalue weighted by molar-refractivity contribution is 14.1. The first-order valence-corrected chi connectivity index (χ1v) is 10.5. The summed E-state index contributed by atoms with van der Waals surface area (Å²) in [5.74, 6) is -4.11. The molecule has 0 unspecified atom stereocenters. The maximum atomic E-state index is 13.8. The number of halogens is 6. The van der Waals surface area contributed by atoms with E-state index in [9.17, 15) is 17.6 Å². The van der Waals surface area contributed by atoms with E-state index in [4.69, 9.17) is 10.7 Å². The fourth-order valence-electron chi connectivity index (χ4n) is 2.33. The molecule has 0 radical (unpaired) electrons. The van der Waals surface area contributed by atoms with Crippen molar-refractivity contribution >= 4 is 42.5 Å². The second-order valence-electron chi connectivity index (χ2n) is 5.14. The molecule has 0 fully saturated rings. The van der Waals surface area contributed by atoms with E-state index in [1.54, 1.807) is 24.3 Å². The molecule has 130 valence electrons. The lowest BCUT2D eigenvalue weighted by Crippen LogP contribution is -2.00. The molecule has 0 saturated carbocycles. The Hall–Kier alpha value is -1.25. The SMILES string of the molecule is Fc1ccc(S(Cl)(c2ccc(I)cc2)c2ccc(F)c(F)c2)cc1F. The van der Waals surface area contributed by atoms with Crippen LogP contribution in [-0.2, 0) is 0 Å². The second kappa shape index (κ2) is 7.17. The van der Waals surface area contributed by atoms with Crippen molar-refractivity contribution in [2.24, 2.45) is 0 Å². The molecule has 25 heavy (non-hydrogen) atoms. The molecular formula is C18H10ClF4IS. The Labute approximate surface area is 161 Å². The first-order chi connectivity index (χ1) is 11.8. The van der Waals surface area contributed by atoms with Gasteiger partial charge in [0.2, 0.25) is 0 Å². The van der Waals surface area contributed by atoms with Crippen LogP contribution in [0.1, 0.15) is 0 Å². The highest BCUT2D eigenvalue weighted by Crippen LogP contribution is 2.72. The Morgan fingerprint density at radius 2 is 1.00 bits per heavy atom. The van der Waals surface area contributed by atoms with Crippen LogP contribution in [-0.4, -0.2) is 0 Å². The topological polar surface area (TPSA) is 0 Å². The third-order valence-electron chi connectivity index (χ3n) is 3.57. The summed E-state index contributed by atoms with van der Waals surface area (Å²) in [6.45, 7) is 0. The Balaban J connectivity index is 2.28. The largest absolute Gasteiger partial charge is 0.204 e. The fraction of sp³-hybridized carbons (Fsp3) is 0. The summed E-state index contributed by atoms with van der Waals surface area (Å²) in [6.07, 6.45) is 0. The maximum Gasteiger partial charge on any atom is 0.159 e. The number of hydrogen-bond acceptors (Lipinski definition) is 0. The molecule has 7 heteroatoms. The zero-order chi connectivity index (χ0) is 18.2. The molecule has 3 aromatic rings. The van der Waals surface area contributed by atoms with Crippen molar-refractivity contribution < 1.29 is 17.6 Å². The van der Waals surface area contributed by atoms with Gasteiger partial charge >= 0.3 is 0 Å². The smallest absolute Gasteiger partial charge is 0.159 e. The Bertz CT molecular complexity index is 879.